The van der Waals surface area contributed by atoms with E-state index >= 15 is 0 Å². The molecule has 0 saturated carbocycles. The molecule has 2 aliphatic heterocycles. The molecule has 6 heteroatoms. The van der Waals surface area contributed by atoms with Gasteiger partial charge in [0.15, 0.2) is 0 Å². The van der Waals surface area contributed by atoms with E-state index in [0.29, 0.717) is 6.42 Å². The van der Waals surface area contributed by atoms with Crippen molar-refractivity contribution < 1.29 is 14.4 Å². The molecule has 1 aromatic carbocycles. The van der Waals surface area contributed by atoms with E-state index in [1.165, 1.54) is 0 Å². The maximum absolute atomic E-state index is 13.1. The van der Waals surface area contributed by atoms with Gasteiger partial charge in [-0.15, -0.1) is 0 Å². The first kappa shape index (κ1) is 16.1. The SMILES string of the molecule is O=C(CN1C(=O)N[C@@]2(CCc3ccccc32)C1=O)N1CCCCCC1. The van der Waals surface area contributed by atoms with Crippen LogP contribution in [0.4, 0.5) is 4.79 Å². The van der Waals surface area contributed by atoms with Crippen molar-refractivity contribution in [3.8, 4) is 0 Å². The third-order valence-corrected chi connectivity index (χ3v) is 5.67. The fourth-order valence-electron chi connectivity index (χ4n) is 4.29. The summed E-state index contributed by atoms with van der Waals surface area (Å²) in [6.07, 6.45) is 5.56. The molecule has 2 saturated heterocycles. The highest BCUT2D eigenvalue weighted by atomic mass is 16.2. The van der Waals surface area contributed by atoms with Crippen LogP contribution < -0.4 is 5.32 Å². The Morgan fingerprint density at radius 2 is 1.80 bits per heavy atom. The predicted octanol–water partition coefficient (Wildman–Crippen LogP) is 1.78. The predicted molar refractivity (Wildman–Crippen MR) is 91.7 cm³/mol. The summed E-state index contributed by atoms with van der Waals surface area (Å²) in [5.41, 5.74) is 0.988. The van der Waals surface area contributed by atoms with Gasteiger partial charge < -0.3 is 10.2 Å². The van der Waals surface area contributed by atoms with E-state index in [0.717, 1.165) is 61.2 Å². The molecule has 6 nitrogen and oxygen atoms in total. The summed E-state index contributed by atoms with van der Waals surface area (Å²) >= 11 is 0. The van der Waals surface area contributed by atoms with Crippen LogP contribution in [0.15, 0.2) is 24.3 Å². The molecule has 4 amide bonds. The molecule has 4 rings (SSSR count). The lowest BCUT2D eigenvalue weighted by Gasteiger charge is -2.24. The average Bonchev–Trinajstić information content (AvgIpc) is 2.94. The Balaban J connectivity index is 1.53. The van der Waals surface area contributed by atoms with Crippen LogP contribution in [0.2, 0.25) is 0 Å². The first-order valence-electron chi connectivity index (χ1n) is 9.12. The highest BCUT2D eigenvalue weighted by Gasteiger charge is 2.55. The summed E-state index contributed by atoms with van der Waals surface area (Å²) in [6.45, 7) is 1.28. The summed E-state index contributed by atoms with van der Waals surface area (Å²) in [4.78, 5) is 41.0. The van der Waals surface area contributed by atoms with E-state index in [1.54, 1.807) is 4.90 Å². The van der Waals surface area contributed by atoms with Crippen LogP contribution >= 0.6 is 0 Å². The number of nitrogens with zero attached hydrogens (tertiary/aromatic N) is 2. The molecule has 0 radical (unpaired) electrons. The highest BCUT2D eigenvalue weighted by molar-refractivity contribution is 6.09. The monoisotopic (exact) mass is 341 g/mol. The summed E-state index contributed by atoms with van der Waals surface area (Å²) in [5, 5.41) is 2.87. The smallest absolute Gasteiger partial charge is 0.325 e. The number of imide groups is 1. The number of hydrogen-bond donors (Lipinski definition) is 1. The van der Waals surface area contributed by atoms with Gasteiger partial charge in [-0.2, -0.15) is 0 Å². The van der Waals surface area contributed by atoms with Gasteiger partial charge in [-0.25, -0.2) is 4.79 Å². The van der Waals surface area contributed by atoms with Crippen molar-refractivity contribution in [2.45, 2.75) is 44.1 Å². The minimum absolute atomic E-state index is 0.131. The van der Waals surface area contributed by atoms with Crippen LogP contribution in [-0.2, 0) is 21.5 Å². The number of amides is 4. The van der Waals surface area contributed by atoms with E-state index < -0.39 is 11.6 Å². The number of likely N-dealkylation sites (tertiary alicyclic amines) is 1. The molecule has 132 valence electrons. The van der Waals surface area contributed by atoms with Crippen LogP contribution in [0, 0.1) is 0 Å². The largest absolute Gasteiger partial charge is 0.341 e. The molecule has 25 heavy (non-hydrogen) atoms. The molecule has 1 spiro atoms. The average molecular weight is 341 g/mol. The van der Waals surface area contributed by atoms with Crippen molar-refractivity contribution in [3.05, 3.63) is 35.4 Å². The zero-order valence-corrected chi connectivity index (χ0v) is 14.3. The van der Waals surface area contributed by atoms with Gasteiger partial charge in [-0.05, 0) is 36.8 Å². The Morgan fingerprint density at radius 1 is 1.08 bits per heavy atom. The number of benzene rings is 1. The fourth-order valence-corrected chi connectivity index (χ4v) is 4.29. The summed E-state index contributed by atoms with van der Waals surface area (Å²) in [5.74, 6) is -0.417. The van der Waals surface area contributed by atoms with Crippen molar-refractivity contribution in [2.75, 3.05) is 19.6 Å². The molecule has 1 N–H and O–H groups in total. The minimum atomic E-state index is -0.979. The number of urea groups is 1. The van der Waals surface area contributed by atoms with Crippen molar-refractivity contribution in [2.24, 2.45) is 0 Å². The van der Waals surface area contributed by atoms with Crippen LogP contribution in [0.25, 0.3) is 0 Å². The lowest BCUT2D eigenvalue weighted by Crippen LogP contribution is -2.45. The molecule has 1 aliphatic carbocycles. The van der Waals surface area contributed by atoms with E-state index in [4.69, 9.17) is 0 Å². The lowest BCUT2D eigenvalue weighted by molar-refractivity contribution is -0.139. The van der Waals surface area contributed by atoms with Gasteiger partial charge in [0.25, 0.3) is 5.91 Å². The van der Waals surface area contributed by atoms with Crippen molar-refractivity contribution in [1.29, 1.82) is 0 Å². The van der Waals surface area contributed by atoms with E-state index in [1.807, 2.05) is 24.3 Å². The third kappa shape index (κ3) is 2.60. The number of rotatable bonds is 2. The molecule has 2 fully saturated rings. The number of carbonyl (C=O) groups is 3. The first-order valence-corrected chi connectivity index (χ1v) is 9.12. The zero-order chi connectivity index (χ0) is 17.4. The highest BCUT2D eigenvalue weighted by Crippen LogP contribution is 2.41. The Labute approximate surface area is 147 Å². The van der Waals surface area contributed by atoms with E-state index in [9.17, 15) is 14.4 Å². The van der Waals surface area contributed by atoms with E-state index in [-0.39, 0.29) is 18.4 Å². The maximum Gasteiger partial charge on any atom is 0.325 e. The normalized spacial score (nSPS) is 25.9. The van der Waals surface area contributed by atoms with Crippen LogP contribution in [0.3, 0.4) is 0 Å². The van der Waals surface area contributed by atoms with Gasteiger partial charge in [0.2, 0.25) is 5.91 Å². The van der Waals surface area contributed by atoms with Gasteiger partial charge in [-0.1, -0.05) is 37.1 Å². The fraction of sp³-hybridized carbons (Fsp3) is 0.526. The second-order valence-electron chi connectivity index (χ2n) is 7.18. The molecule has 0 aromatic heterocycles. The molecular formula is C19H23N3O3. The third-order valence-electron chi connectivity index (χ3n) is 5.67. The number of nitrogens with one attached hydrogen (secondary N) is 1. The van der Waals surface area contributed by atoms with Crippen molar-refractivity contribution >= 4 is 17.8 Å². The van der Waals surface area contributed by atoms with Gasteiger partial charge in [0, 0.05) is 13.1 Å². The Kier molecular flexibility index (Phi) is 3.98. The minimum Gasteiger partial charge on any atom is -0.341 e. The van der Waals surface area contributed by atoms with Crippen LogP contribution in [-0.4, -0.2) is 47.3 Å². The Morgan fingerprint density at radius 3 is 2.56 bits per heavy atom. The van der Waals surface area contributed by atoms with Gasteiger partial charge in [0.05, 0.1) is 0 Å². The summed E-state index contributed by atoms with van der Waals surface area (Å²) < 4.78 is 0. The Bertz CT molecular complexity index is 724. The molecule has 1 atom stereocenters. The molecular weight excluding hydrogens is 318 g/mol. The number of fused-ring (bicyclic) bond motifs is 2. The van der Waals surface area contributed by atoms with Gasteiger partial charge in [0.1, 0.15) is 12.1 Å². The van der Waals surface area contributed by atoms with Crippen LogP contribution in [0.1, 0.15) is 43.2 Å². The van der Waals surface area contributed by atoms with Crippen molar-refractivity contribution in [1.82, 2.24) is 15.1 Å². The number of hydrogen-bond acceptors (Lipinski definition) is 3. The quantitative estimate of drug-likeness (QED) is 0.834. The summed E-state index contributed by atoms with van der Waals surface area (Å²) in [7, 11) is 0. The molecule has 3 aliphatic rings. The zero-order valence-electron chi connectivity index (χ0n) is 14.3. The van der Waals surface area contributed by atoms with Gasteiger partial charge >= 0.3 is 6.03 Å². The molecule has 0 bridgehead atoms. The van der Waals surface area contributed by atoms with Crippen LogP contribution in [0.5, 0.6) is 0 Å². The lowest BCUT2D eigenvalue weighted by atomic mass is 9.92. The maximum atomic E-state index is 13.1. The Hall–Kier alpha value is -2.37. The number of aryl methyl sites for hydroxylation is 1. The molecule has 1 aromatic rings. The second kappa shape index (κ2) is 6.17. The molecule has 2 heterocycles. The first-order chi connectivity index (χ1) is 12.1. The topological polar surface area (TPSA) is 69.7 Å². The van der Waals surface area contributed by atoms with E-state index in [2.05, 4.69) is 5.32 Å². The molecule has 0 unspecified atom stereocenters. The standard InChI is InChI=1S/C19H23N3O3/c23-16(21-11-5-1-2-6-12-21)13-22-17(24)19(20-18(22)25)10-9-14-7-3-4-8-15(14)19/h3-4,7-8H,1-2,5-6,9-13H2,(H,20,25)/t19-/m1/s1. The van der Waals surface area contributed by atoms with Gasteiger partial charge in [-0.3, -0.25) is 14.5 Å². The summed E-state index contributed by atoms with van der Waals surface area (Å²) in [6, 6.07) is 7.27. The number of carbonyl (C=O) groups excluding carboxylic acids is 3. The van der Waals surface area contributed by atoms with Crippen molar-refractivity contribution in [3.63, 3.8) is 0 Å². The second-order valence-corrected chi connectivity index (χ2v) is 7.18.